The van der Waals surface area contributed by atoms with Gasteiger partial charge in [-0.3, -0.25) is 0 Å². The summed E-state index contributed by atoms with van der Waals surface area (Å²) >= 11 is 2.88. The highest BCUT2D eigenvalue weighted by Crippen LogP contribution is 2.29. The normalized spacial score (nSPS) is 15.7. The van der Waals surface area contributed by atoms with Gasteiger partial charge in [0.1, 0.15) is 11.6 Å². The molecule has 1 aliphatic heterocycles. The number of amides is 2. The third-order valence-corrected chi connectivity index (χ3v) is 6.19. The van der Waals surface area contributed by atoms with Crippen molar-refractivity contribution in [1.82, 2.24) is 15.6 Å². The molecule has 0 saturated carbocycles. The standard InChI is InChI=1S/C22H19N3O5S2/c1-2-29-21(27)17-15(24-22(28)25-18(17)13-6-4-3-5-7-13)10-30-20(26)16-12-32-19(23-16)14-8-9-31-11-14/h3-9,11-12,18H,2,10H2,1H3,(H2,24,25,28). The number of hydrogen-bond acceptors (Lipinski definition) is 8. The van der Waals surface area contributed by atoms with E-state index in [9.17, 15) is 14.4 Å². The molecule has 0 bridgehead atoms. The van der Waals surface area contributed by atoms with Crippen LogP contribution in [0, 0.1) is 0 Å². The number of thiazole rings is 1. The molecule has 1 unspecified atom stereocenters. The third-order valence-electron chi connectivity index (χ3n) is 4.61. The molecule has 4 rings (SSSR count). The quantitative estimate of drug-likeness (QED) is 0.509. The molecule has 1 aliphatic rings. The van der Waals surface area contributed by atoms with E-state index in [-0.39, 0.29) is 30.2 Å². The molecule has 0 spiro atoms. The summed E-state index contributed by atoms with van der Waals surface area (Å²) in [6.45, 7) is 1.54. The maximum Gasteiger partial charge on any atom is 0.358 e. The summed E-state index contributed by atoms with van der Waals surface area (Å²) in [6, 6.07) is 9.71. The van der Waals surface area contributed by atoms with Crippen molar-refractivity contribution in [3.05, 3.63) is 75.1 Å². The van der Waals surface area contributed by atoms with E-state index in [1.807, 2.05) is 22.9 Å². The number of esters is 2. The van der Waals surface area contributed by atoms with Crippen LogP contribution in [0.25, 0.3) is 10.6 Å². The molecule has 8 nitrogen and oxygen atoms in total. The van der Waals surface area contributed by atoms with E-state index >= 15 is 0 Å². The van der Waals surface area contributed by atoms with Gasteiger partial charge >= 0.3 is 18.0 Å². The van der Waals surface area contributed by atoms with Gasteiger partial charge in [-0.05, 0) is 23.9 Å². The fourth-order valence-corrected chi connectivity index (χ4v) is 4.68. The Morgan fingerprint density at radius 3 is 2.62 bits per heavy atom. The topological polar surface area (TPSA) is 107 Å². The number of urea groups is 1. The first kappa shape index (κ1) is 21.7. The summed E-state index contributed by atoms with van der Waals surface area (Å²) in [5, 5.41) is 11.5. The van der Waals surface area contributed by atoms with Gasteiger partial charge in [0.15, 0.2) is 5.69 Å². The fraction of sp³-hybridized carbons (Fsp3) is 0.182. The van der Waals surface area contributed by atoms with E-state index < -0.39 is 24.0 Å². The average Bonchev–Trinajstić information content (AvgIpc) is 3.50. The molecule has 0 fully saturated rings. The second kappa shape index (κ2) is 9.75. The number of hydrogen-bond donors (Lipinski definition) is 2. The number of carbonyl (C=O) groups excluding carboxylic acids is 3. The first-order valence-electron chi connectivity index (χ1n) is 9.74. The third kappa shape index (κ3) is 4.71. The molecular formula is C22H19N3O5S2. The molecule has 2 aromatic heterocycles. The van der Waals surface area contributed by atoms with Crippen molar-refractivity contribution >= 4 is 40.6 Å². The van der Waals surface area contributed by atoms with E-state index in [1.165, 1.54) is 11.3 Å². The molecule has 1 atom stereocenters. The largest absolute Gasteiger partial charge is 0.463 e. The number of benzene rings is 1. The average molecular weight is 470 g/mol. The van der Waals surface area contributed by atoms with Gasteiger partial charge in [-0.2, -0.15) is 11.3 Å². The zero-order valence-corrected chi connectivity index (χ0v) is 18.6. The lowest BCUT2D eigenvalue weighted by Gasteiger charge is -2.29. The van der Waals surface area contributed by atoms with Crippen LogP contribution in [0.2, 0.25) is 0 Å². The van der Waals surface area contributed by atoms with Crippen molar-refractivity contribution in [2.45, 2.75) is 13.0 Å². The Morgan fingerprint density at radius 2 is 1.91 bits per heavy atom. The second-order valence-corrected chi connectivity index (χ2v) is 8.32. The van der Waals surface area contributed by atoms with Gasteiger partial charge in [0.25, 0.3) is 0 Å². The maximum atomic E-state index is 12.7. The summed E-state index contributed by atoms with van der Waals surface area (Å²) in [4.78, 5) is 41.9. The van der Waals surface area contributed by atoms with Gasteiger partial charge in [0, 0.05) is 16.3 Å². The zero-order chi connectivity index (χ0) is 22.5. The lowest BCUT2D eigenvalue weighted by Crippen LogP contribution is -2.47. The molecule has 0 saturated heterocycles. The Morgan fingerprint density at radius 1 is 1.09 bits per heavy atom. The van der Waals surface area contributed by atoms with Gasteiger partial charge in [-0.1, -0.05) is 30.3 Å². The van der Waals surface area contributed by atoms with E-state index in [1.54, 1.807) is 47.9 Å². The number of thiophene rings is 1. The Balaban J connectivity index is 1.58. The van der Waals surface area contributed by atoms with Crippen molar-refractivity contribution in [2.75, 3.05) is 13.2 Å². The van der Waals surface area contributed by atoms with Crippen molar-refractivity contribution in [3.63, 3.8) is 0 Å². The van der Waals surface area contributed by atoms with Crippen LogP contribution in [-0.4, -0.2) is 36.2 Å². The first-order chi connectivity index (χ1) is 15.6. The van der Waals surface area contributed by atoms with Crippen LogP contribution in [0.1, 0.15) is 29.0 Å². The maximum absolute atomic E-state index is 12.7. The van der Waals surface area contributed by atoms with E-state index in [2.05, 4.69) is 15.6 Å². The highest BCUT2D eigenvalue weighted by Gasteiger charge is 2.34. The van der Waals surface area contributed by atoms with Crippen LogP contribution in [0.3, 0.4) is 0 Å². The lowest BCUT2D eigenvalue weighted by molar-refractivity contribution is -0.139. The molecule has 1 aromatic carbocycles. The van der Waals surface area contributed by atoms with Crippen LogP contribution in [-0.2, 0) is 14.3 Å². The van der Waals surface area contributed by atoms with Gasteiger partial charge in [0.05, 0.1) is 23.9 Å². The Labute approximate surface area is 191 Å². The van der Waals surface area contributed by atoms with Crippen LogP contribution < -0.4 is 10.6 Å². The molecule has 0 radical (unpaired) electrons. The van der Waals surface area contributed by atoms with Gasteiger partial charge in [0.2, 0.25) is 0 Å². The second-order valence-electron chi connectivity index (χ2n) is 6.68. The Hall–Kier alpha value is -3.50. The molecule has 2 N–H and O–H groups in total. The number of aromatic nitrogens is 1. The molecule has 0 aliphatic carbocycles. The van der Waals surface area contributed by atoms with Crippen LogP contribution >= 0.6 is 22.7 Å². The number of ether oxygens (including phenoxy) is 2. The number of nitrogens with zero attached hydrogens (tertiary/aromatic N) is 1. The van der Waals surface area contributed by atoms with Crippen molar-refractivity contribution in [3.8, 4) is 10.6 Å². The highest BCUT2D eigenvalue weighted by atomic mass is 32.1. The Kier molecular flexibility index (Phi) is 6.62. The minimum Gasteiger partial charge on any atom is -0.463 e. The number of nitrogens with one attached hydrogen (secondary N) is 2. The number of carbonyl (C=O) groups is 3. The van der Waals surface area contributed by atoms with Gasteiger partial charge in [-0.25, -0.2) is 19.4 Å². The monoisotopic (exact) mass is 469 g/mol. The molecule has 32 heavy (non-hydrogen) atoms. The van der Waals surface area contributed by atoms with Gasteiger partial charge < -0.3 is 20.1 Å². The summed E-state index contributed by atoms with van der Waals surface area (Å²) in [7, 11) is 0. The highest BCUT2D eigenvalue weighted by molar-refractivity contribution is 7.14. The Bertz CT molecular complexity index is 1160. The lowest BCUT2D eigenvalue weighted by atomic mass is 9.95. The minimum absolute atomic E-state index is 0.161. The van der Waals surface area contributed by atoms with Crippen LogP contribution in [0.15, 0.2) is 63.8 Å². The first-order valence-corrected chi connectivity index (χ1v) is 11.6. The molecular weight excluding hydrogens is 450 g/mol. The predicted molar refractivity (Wildman–Crippen MR) is 120 cm³/mol. The van der Waals surface area contributed by atoms with E-state index in [4.69, 9.17) is 9.47 Å². The minimum atomic E-state index is -0.734. The predicted octanol–water partition coefficient (Wildman–Crippen LogP) is 3.90. The molecule has 3 heterocycles. The van der Waals surface area contributed by atoms with Crippen LogP contribution in [0.4, 0.5) is 4.79 Å². The summed E-state index contributed by atoms with van der Waals surface area (Å²) in [5.41, 5.74) is 2.15. The summed E-state index contributed by atoms with van der Waals surface area (Å²) < 4.78 is 10.6. The summed E-state index contributed by atoms with van der Waals surface area (Å²) in [5.74, 6) is -1.25. The molecule has 2 amide bonds. The van der Waals surface area contributed by atoms with Gasteiger partial charge in [-0.15, -0.1) is 11.3 Å². The molecule has 10 heteroatoms. The molecule has 3 aromatic rings. The van der Waals surface area contributed by atoms with Crippen molar-refractivity contribution < 1.29 is 23.9 Å². The van der Waals surface area contributed by atoms with Crippen LogP contribution in [0.5, 0.6) is 0 Å². The number of rotatable bonds is 7. The van der Waals surface area contributed by atoms with Crippen molar-refractivity contribution in [2.24, 2.45) is 0 Å². The van der Waals surface area contributed by atoms with E-state index in [0.717, 1.165) is 5.56 Å². The SMILES string of the molecule is CCOC(=O)C1=C(COC(=O)c2csc(-c3ccsc3)n2)NC(=O)NC1c1ccccc1. The summed E-state index contributed by atoms with van der Waals surface area (Å²) in [6.07, 6.45) is 0. The fourth-order valence-electron chi connectivity index (χ4n) is 3.18. The zero-order valence-electron chi connectivity index (χ0n) is 17.0. The smallest absolute Gasteiger partial charge is 0.358 e. The van der Waals surface area contributed by atoms with E-state index in [0.29, 0.717) is 10.6 Å². The van der Waals surface area contributed by atoms with Crippen molar-refractivity contribution in [1.29, 1.82) is 0 Å². The molecule has 164 valence electrons.